The number of aromatic nitrogens is 2. The number of fused-ring (bicyclic) bond motifs is 5. The predicted molar refractivity (Wildman–Crippen MR) is 192 cm³/mol. The molecule has 0 spiro atoms. The Morgan fingerprint density at radius 3 is 2.84 bits per heavy atom. The highest BCUT2D eigenvalue weighted by molar-refractivity contribution is 7.91. The number of nitrogens with zero attached hydrogens (tertiary/aromatic N) is 3. The van der Waals surface area contributed by atoms with Crippen LogP contribution >= 0.6 is 11.3 Å². The minimum absolute atomic E-state index is 0.104. The lowest BCUT2D eigenvalue weighted by Crippen LogP contribution is -2.58. The highest BCUT2D eigenvalue weighted by Crippen LogP contribution is 2.45. The zero-order valence-electron chi connectivity index (χ0n) is 28.1. The van der Waals surface area contributed by atoms with Gasteiger partial charge in [0.15, 0.2) is 5.13 Å². The van der Waals surface area contributed by atoms with Gasteiger partial charge in [-0.05, 0) is 61.1 Å². The molecule has 7 rings (SSSR count). The number of rotatable bonds is 8. The van der Waals surface area contributed by atoms with Crippen molar-refractivity contribution >= 4 is 61.1 Å². The number of hydrogen-bond acceptors (Lipinski definition) is 10. The second kappa shape index (κ2) is 13.4. The number of sulfonamides is 1. The van der Waals surface area contributed by atoms with Crippen molar-refractivity contribution in [2.24, 2.45) is 11.8 Å². The Morgan fingerprint density at radius 1 is 1.28 bits per heavy atom. The molecule has 1 unspecified atom stereocenters. The van der Waals surface area contributed by atoms with Crippen LogP contribution in [0.4, 0.5) is 5.13 Å². The molecule has 50 heavy (non-hydrogen) atoms. The maximum atomic E-state index is 14.6. The van der Waals surface area contributed by atoms with Crippen molar-refractivity contribution in [2.75, 3.05) is 11.9 Å². The Labute approximate surface area is 295 Å². The van der Waals surface area contributed by atoms with Gasteiger partial charge >= 0.3 is 0 Å². The number of amides is 3. The van der Waals surface area contributed by atoms with Crippen molar-refractivity contribution in [1.29, 1.82) is 0 Å². The molecule has 1 saturated heterocycles. The van der Waals surface area contributed by atoms with Crippen LogP contribution in [0.3, 0.4) is 0 Å². The third-order valence-electron chi connectivity index (χ3n) is 10.3. The molecule has 264 valence electrons. The Kier molecular flexibility index (Phi) is 9.18. The van der Waals surface area contributed by atoms with Gasteiger partial charge in [-0.3, -0.25) is 19.1 Å². The van der Waals surface area contributed by atoms with E-state index in [4.69, 9.17) is 9.72 Å². The van der Waals surface area contributed by atoms with E-state index in [0.717, 1.165) is 34.9 Å². The van der Waals surface area contributed by atoms with Crippen LogP contribution in [-0.4, -0.2) is 76.5 Å². The lowest BCUT2D eigenvalue weighted by molar-refractivity contribution is -0.141. The molecule has 3 aromatic rings. The SMILES string of the molecule is C=C[C@@H]1C[C@]1(NC(=O)[C@@H]1C[C@@H]2CN1C(=O)C([C@H](C)CC)Nc1nc(cs1)CC/C=C/c1ccc3ccnc(c3c1)O2)C(=O)NS(=O)(=O)C1CC1. The maximum Gasteiger partial charge on any atom is 0.259 e. The molecule has 2 saturated carbocycles. The van der Waals surface area contributed by atoms with Crippen molar-refractivity contribution in [3.05, 3.63) is 65.8 Å². The first kappa shape index (κ1) is 34.2. The van der Waals surface area contributed by atoms with Gasteiger partial charge in [0.2, 0.25) is 27.7 Å². The minimum Gasteiger partial charge on any atom is -0.472 e. The molecular weight excluding hydrogens is 677 g/mol. The summed E-state index contributed by atoms with van der Waals surface area (Å²) in [6.07, 6.45) is 10.3. The number of carbonyl (C=O) groups is 3. The molecule has 1 aromatic carbocycles. The summed E-state index contributed by atoms with van der Waals surface area (Å²) in [4.78, 5) is 53.2. The molecule has 14 heteroatoms. The van der Waals surface area contributed by atoms with Crippen LogP contribution in [0.25, 0.3) is 16.8 Å². The van der Waals surface area contributed by atoms with Crippen LogP contribution in [0, 0.1) is 11.8 Å². The Bertz CT molecular complexity index is 1980. The molecule has 2 aromatic heterocycles. The fraction of sp³-hybridized carbons (Fsp3) is 0.472. The summed E-state index contributed by atoms with van der Waals surface area (Å²) in [5.41, 5.74) is 0.430. The number of carbonyl (C=O) groups excluding carboxylic acids is 3. The lowest BCUT2D eigenvalue weighted by atomic mass is 9.97. The number of ether oxygens (including phenoxy) is 1. The Balaban J connectivity index is 1.23. The lowest BCUT2D eigenvalue weighted by Gasteiger charge is -2.32. The van der Waals surface area contributed by atoms with Gasteiger partial charge in [-0.1, -0.05) is 50.6 Å². The summed E-state index contributed by atoms with van der Waals surface area (Å²) in [7, 11) is -3.85. The first-order valence-electron chi connectivity index (χ1n) is 17.3. The average molecular weight is 719 g/mol. The highest BCUT2D eigenvalue weighted by atomic mass is 32.2. The smallest absolute Gasteiger partial charge is 0.259 e. The van der Waals surface area contributed by atoms with E-state index < -0.39 is 56.7 Å². The molecule has 2 aliphatic heterocycles. The molecule has 12 nitrogen and oxygen atoms in total. The van der Waals surface area contributed by atoms with Crippen molar-refractivity contribution in [3.8, 4) is 5.88 Å². The third-order valence-corrected chi connectivity index (χ3v) is 13.0. The van der Waals surface area contributed by atoms with Gasteiger partial charge in [0.1, 0.15) is 23.7 Å². The monoisotopic (exact) mass is 718 g/mol. The first-order valence-corrected chi connectivity index (χ1v) is 19.7. The number of thiazole rings is 1. The van der Waals surface area contributed by atoms with Crippen LogP contribution in [0.2, 0.25) is 0 Å². The normalized spacial score (nSPS) is 27.7. The van der Waals surface area contributed by atoms with Gasteiger partial charge in [0.25, 0.3) is 5.91 Å². The summed E-state index contributed by atoms with van der Waals surface area (Å²) in [5.74, 6) is -1.80. The van der Waals surface area contributed by atoms with Gasteiger partial charge in [-0.2, -0.15) is 0 Å². The molecule has 3 amide bonds. The third kappa shape index (κ3) is 6.74. The van der Waals surface area contributed by atoms with Gasteiger partial charge in [-0.25, -0.2) is 18.4 Å². The van der Waals surface area contributed by atoms with E-state index in [2.05, 4.69) is 39.1 Å². The summed E-state index contributed by atoms with van der Waals surface area (Å²) in [5, 5.41) is 10.0. The topological polar surface area (TPSA) is 160 Å². The first-order chi connectivity index (χ1) is 24.0. The number of anilines is 1. The van der Waals surface area contributed by atoms with Crippen LogP contribution in [0.5, 0.6) is 5.88 Å². The quantitative estimate of drug-likeness (QED) is 0.290. The number of hydrogen-bond donors (Lipinski definition) is 3. The van der Waals surface area contributed by atoms with Crippen molar-refractivity contribution in [1.82, 2.24) is 24.9 Å². The van der Waals surface area contributed by atoms with E-state index in [1.54, 1.807) is 12.3 Å². The van der Waals surface area contributed by atoms with E-state index in [0.29, 0.717) is 30.3 Å². The molecule has 6 bridgehead atoms. The second-order valence-corrected chi connectivity index (χ2v) is 16.7. The van der Waals surface area contributed by atoms with E-state index in [-0.39, 0.29) is 31.2 Å². The molecule has 6 atom stereocenters. The number of allylic oxidation sites excluding steroid dienone is 1. The van der Waals surface area contributed by atoms with Crippen LogP contribution in [-0.2, 0) is 30.8 Å². The fourth-order valence-electron chi connectivity index (χ4n) is 6.84. The average Bonchev–Trinajstić information content (AvgIpc) is 4.00. The molecule has 4 heterocycles. The molecule has 2 aliphatic carbocycles. The van der Waals surface area contributed by atoms with E-state index in [1.807, 2.05) is 43.5 Å². The predicted octanol–water partition coefficient (Wildman–Crippen LogP) is 4.20. The number of nitrogens with one attached hydrogen (secondary N) is 3. The maximum absolute atomic E-state index is 14.6. The molecular formula is C36H42N6O6S2. The molecule has 4 aliphatic rings. The standard InChI is InChI=1S/C36H42N6O6S2/c1-4-21(3)30-33(44)42-19-26(17-29(42)31(43)40-36(18-24(36)5-2)34(45)41-50(46,47)27-12-13-27)48-32-28-16-22(10-11-23(28)14-15-37-32)8-6-7-9-25-20-49-35(38-25)39-30/h5-6,8,10-11,14-16,20-21,24,26-27,29-30H,2,4,7,9,12-13,17-19H2,1,3H3,(H,38,39)(H,40,43)(H,41,45)/b8-6+/t21-,24-,26-,29+,30?,36-/m1/s1. The van der Waals surface area contributed by atoms with Crippen LogP contribution < -0.4 is 20.1 Å². The van der Waals surface area contributed by atoms with Gasteiger partial charge in [0, 0.05) is 29.3 Å². The summed E-state index contributed by atoms with van der Waals surface area (Å²) in [6, 6.07) is 6.28. The summed E-state index contributed by atoms with van der Waals surface area (Å²) >= 11 is 1.44. The number of pyridine rings is 1. The van der Waals surface area contributed by atoms with Crippen LogP contribution in [0.1, 0.15) is 63.6 Å². The van der Waals surface area contributed by atoms with Crippen molar-refractivity contribution in [3.63, 3.8) is 0 Å². The largest absolute Gasteiger partial charge is 0.472 e. The zero-order chi connectivity index (χ0) is 35.2. The molecule has 0 radical (unpaired) electrons. The fourth-order valence-corrected chi connectivity index (χ4v) is 8.99. The Hall–Kier alpha value is -4.30. The summed E-state index contributed by atoms with van der Waals surface area (Å²) < 4.78 is 34.1. The number of benzene rings is 1. The molecule has 3 N–H and O–H groups in total. The van der Waals surface area contributed by atoms with Crippen LogP contribution in [0.15, 0.2) is 54.6 Å². The van der Waals surface area contributed by atoms with Gasteiger partial charge in [0.05, 0.1) is 17.5 Å². The minimum atomic E-state index is -3.85. The summed E-state index contributed by atoms with van der Waals surface area (Å²) in [6.45, 7) is 7.89. The second-order valence-electron chi connectivity index (χ2n) is 13.9. The molecule has 3 fully saturated rings. The van der Waals surface area contributed by atoms with Gasteiger partial charge in [-0.15, -0.1) is 17.9 Å². The van der Waals surface area contributed by atoms with Gasteiger partial charge < -0.3 is 20.3 Å². The highest BCUT2D eigenvalue weighted by Gasteiger charge is 2.62. The van der Waals surface area contributed by atoms with E-state index in [1.165, 1.54) is 16.2 Å². The number of aryl methyl sites for hydroxylation is 1. The van der Waals surface area contributed by atoms with E-state index >= 15 is 0 Å². The van der Waals surface area contributed by atoms with Crippen molar-refractivity contribution in [2.45, 2.75) is 87.8 Å². The van der Waals surface area contributed by atoms with Crippen molar-refractivity contribution < 1.29 is 27.5 Å². The zero-order valence-corrected chi connectivity index (χ0v) is 29.8. The van der Waals surface area contributed by atoms with E-state index in [9.17, 15) is 22.8 Å². The Morgan fingerprint density at radius 2 is 2.10 bits per heavy atom.